The number of hydrogen-bond donors (Lipinski definition) is 1. The van der Waals surface area contributed by atoms with E-state index in [1.165, 1.54) is 38.0 Å². The Balaban J connectivity index is 1.97. The van der Waals surface area contributed by atoms with Crippen molar-refractivity contribution in [3.63, 3.8) is 0 Å². The molecule has 1 saturated heterocycles. The standard InChI is InChI=1S/C14H20N2O4/c15-14(18)10-20-13-9-19-11(7-12(13)17)8-16-5-3-1-2-4-6-16/h7,9H,1-6,8,10H2,(H2,15,18). The van der Waals surface area contributed by atoms with Gasteiger partial charge in [0.25, 0.3) is 5.91 Å². The lowest BCUT2D eigenvalue weighted by atomic mass is 10.2. The van der Waals surface area contributed by atoms with Gasteiger partial charge in [-0.3, -0.25) is 14.5 Å². The number of ether oxygens (including phenoxy) is 1. The van der Waals surface area contributed by atoms with Gasteiger partial charge in [0.05, 0.1) is 6.54 Å². The number of likely N-dealkylation sites (tertiary alicyclic amines) is 1. The minimum absolute atomic E-state index is 0.0171. The molecule has 0 atom stereocenters. The molecule has 0 aromatic carbocycles. The van der Waals surface area contributed by atoms with Crippen LogP contribution in [0.15, 0.2) is 21.5 Å². The first-order chi connectivity index (χ1) is 9.65. The second kappa shape index (κ2) is 7.09. The van der Waals surface area contributed by atoms with E-state index in [1.807, 2.05) is 0 Å². The van der Waals surface area contributed by atoms with E-state index in [4.69, 9.17) is 14.9 Å². The summed E-state index contributed by atoms with van der Waals surface area (Å²) in [5, 5.41) is 0. The second-order valence-electron chi connectivity index (χ2n) is 5.02. The molecule has 2 heterocycles. The van der Waals surface area contributed by atoms with Gasteiger partial charge in [0, 0.05) is 6.07 Å². The third-order valence-electron chi connectivity index (χ3n) is 3.30. The Morgan fingerprint density at radius 1 is 1.30 bits per heavy atom. The molecule has 0 saturated carbocycles. The minimum Gasteiger partial charge on any atom is -0.477 e. The van der Waals surface area contributed by atoms with E-state index in [1.54, 1.807) is 0 Å². The molecule has 0 bridgehead atoms. The highest BCUT2D eigenvalue weighted by molar-refractivity contribution is 5.75. The first kappa shape index (κ1) is 14.6. The number of hydrogen-bond acceptors (Lipinski definition) is 5. The van der Waals surface area contributed by atoms with Crippen LogP contribution in [0.25, 0.3) is 0 Å². The number of nitrogens with two attached hydrogens (primary N) is 1. The van der Waals surface area contributed by atoms with E-state index in [0.29, 0.717) is 12.3 Å². The average Bonchev–Trinajstić information content (AvgIpc) is 2.66. The molecule has 20 heavy (non-hydrogen) atoms. The second-order valence-corrected chi connectivity index (χ2v) is 5.02. The molecule has 110 valence electrons. The number of carbonyl (C=O) groups is 1. The molecular weight excluding hydrogens is 260 g/mol. The first-order valence-electron chi connectivity index (χ1n) is 6.90. The van der Waals surface area contributed by atoms with Crippen LogP contribution < -0.4 is 15.9 Å². The third kappa shape index (κ3) is 4.38. The van der Waals surface area contributed by atoms with Crippen molar-refractivity contribution in [2.45, 2.75) is 32.2 Å². The Hall–Kier alpha value is -1.82. The predicted molar refractivity (Wildman–Crippen MR) is 73.4 cm³/mol. The fourth-order valence-electron chi connectivity index (χ4n) is 2.29. The van der Waals surface area contributed by atoms with Crippen LogP contribution in [0.1, 0.15) is 31.4 Å². The Bertz CT molecular complexity index is 504. The van der Waals surface area contributed by atoms with Crippen LogP contribution in [0, 0.1) is 0 Å². The first-order valence-corrected chi connectivity index (χ1v) is 6.90. The summed E-state index contributed by atoms with van der Waals surface area (Å²) < 4.78 is 10.4. The van der Waals surface area contributed by atoms with Gasteiger partial charge in [0.1, 0.15) is 12.0 Å². The van der Waals surface area contributed by atoms with E-state index in [2.05, 4.69) is 4.90 Å². The number of nitrogens with zero attached hydrogens (tertiary/aromatic N) is 1. The number of amides is 1. The zero-order chi connectivity index (χ0) is 14.4. The number of primary amides is 1. The summed E-state index contributed by atoms with van der Waals surface area (Å²) in [4.78, 5) is 24.7. The predicted octanol–water partition coefficient (Wildman–Crippen LogP) is 0.880. The normalized spacial score (nSPS) is 16.6. The smallest absolute Gasteiger partial charge is 0.255 e. The fraction of sp³-hybridized carbons (Fsp3) is 0.571. The molecule has 1 aromatic rings. The van der Waals surface area contributed by atoms with Crippen molar-refractivity contribution < 1.29 is 13.9 Å². The lowest BCUT2D eigenvalue weighted by Crippen LogP contribution is -2.25. The summed E-state index contributed by atoms with van der Waals surface area (Å²) >= 11 is 0. The van der Waals surface area contributed by atoms with Gasteiger partial charge in [-0.2, -0.15) is 0 Å². The highest BCUT2D eigenvalue weighted by Gasteiger charge is 2.12. The summed E-state index contributed by atoms with van der Waals surface area (Å²) in [6.45, 7) is 2.37. The van der Waals surface area contributed by atoms with Gasteiger partial charge in [-0.1, -0.05) is 12.8 Å². The maximum absolute atomic E-state index is 11.8. The SMILES string of the molecule is NC(=O)COc1coc(CN2CCCCCC2)cc1=O. The average molecular weight is 280 g/mol. The quantitative estimate of drug-likeness (QED) is 0.865. The van der Waals surface area contributed by atoms with Gasteiger partial charge in [-0.05, 0) is 25.9 Å². The monoisotopic (exact) mass is 280 g/mol. The molecule has 1 aliphatic rings. The molecule has 6 nitrogen and oxygen atoms in total. The summed E-state index contributed by atoms with van der Waals surface area (Å²) in [7, 11) is 0. The zero-order valence-corrected chi connectivity index (χ0v) is 11.5. The molecule has 0 unspecified atom stereocenters. The van der Waals surface area contributed by atoms with Crippen molar-refractivity contribution >= 4 is 5.91 Å². The summed E-state index contributed by atoms with van der Waals surface area (Å²) in [5.41, 5.74) is 4.67. The largest absolute Gasteiger partial charge is 0.477 e. The van der Waals surface area contributed by atoms with Crippen molar-refractivity contribution in [3.05, 3.63) is 28.3 Å². The van der Waals surface area contributed by atoms with Gasteiger partial charge >= 0.3 is 0 Å². The van der Waals surface area contributed by atoms with Crippen LogP contribution in [0.4, 0.5) is 0 Å². The van der Waals surface area contributed by atoms with E-state index in [0.717, 1.165) is 13.1 Å². The van der Waals surface area contributed by atoms with Gasteiger partial charge in [-0.15, -0.1) is 0 Å². The molecular formula is C14H20N2O4. The summed E-state index contributed by atoms with van der Waals surface area (Å²) in [6.07, 6.45) is 6.15. The molecule has 1 aromatic heterocycles. The highest BCUT2D eigenvalue weighted by atomic mass is 16.5. The molecule has 0 radical (unpaired) electrons. The minimum atomic E-state index is -0.627. The third-order valence-corrected chi connectivity index (χ3v) is 3.30. The maximum atomic E-state index is 11.8. The highest BCUT2D eigenvalue weighted by Crippen LogP contribution is 2.13. The van der Waals surface area contributed by atoms with Crippen LogP contribution in [-0.4, -0.2) is 30.5 Å². The molecule has 1 aliphatic heterocycles. The Labute approximate surface area is 117 Å². The van der Waals surface area contributed by atoms with Crippen molar-refractivity contribution in [1.29, 1.82) is 0 Å². The van der Waals surface area contributed by atoms with Gasteiger partial charge in [0.2, 0.25) is 11.2 Å². The zero-order valence-electron chi connectivity index (χ0n) is 11.5. The van der Waals surface area contributed by atoms with Gasteiger partial charge < -0.3 is 14.9 Å². The van der Waals surface area contributed by atoms with Crippen molar-refractivity contribution in [2.24, 2.45) is 5.73 Å². The van der Waals surface area contributed by atoms with Gasteiger partial charge in [-0.25, -0.2) is 0 Å². The summed E-state index contributed by atoms with van der Waals surface area (Å²) in [5.74, 6) is 0.00443. The topological polar surface area (TPSA) is 85.8 Å². The van der Waals surface area contributed by atoms with Crippen LogP contribution in [0.3, 0.4) is 0 Å². The maximum Gasteiger partial charge on any atom is 0.255 e. The lowest BCUT2D eigenvalue weighted by Gasteiger charge is -2.18. The molecule has 1 fully saturated rings. The Kier molecular flexibility index (Phi) is 5.17. The van der Waals surface area contributed by atoms with Crippen molar-refractivity contribution in [1.82, 2.24) is 4.90 Å². The number of rotatable bonds is 5. The van der Waals surface area contributed by atoms with Crippen LogP contribution in [-0.2, 0) is 11.3 Å². The van der Waals surface area contributed by atoms with Crippen molar-refractivity contribution in [2.75, 3.05) is 19.7 Å². The van der Waals surface area contributed by atoms with Crippen molar-refractivity contribution in [3.8, 4) is 5.75 Å². The Morgan fingerprint density at radius 3 is 2.60 bits per heavy atom. The van der Waals surface area contributed by atoms with Crippen LogP contribution in [0.5, 0.6) is 5.75 Å². The van der Waals surface area contributed by atoms with E-state index in [-0.39, 0.29) is 17.8 Å². The van der Waals surface area contributed by atoms with E-state index in [9.17, 15) is 9.59 Å². The van der Waals surface area contributed by atoms with Crippen LogP contribution in [0.2, 0.25) is 0 Å². The molecule has 0 aliphatic carbocycles. The lowest BCUT2D eigenvalue weighted by molar-refractivity contribution is -0.119. The van der Waals surface area contributed by atoms with Gasteiger partial charge in [0.15, 0.2) is 6.61 Å². The Morgan fingerprint density at radius 2 is 2.00 bits per heavy atom. The van der Waals surface area contributed by atoms with E-state index >= 15 is 0 Å². The molecule has 2 N–H and O–H groups in total. The molecule has 6 heteroatoms. The molecule has 0 spiro atoms. The van der Waals surface area contributed by atoms with Crippen LogP contribution >= 0.6 is 0 Å². The molecule has 2 rings (SSSR count). The fourth-order valence-corrected chi connectivity index (χ4v) is 2.29. The van der Waals surface area contributed by atoms with E-state index < -0.39 is 5.91 Å². The molecule has 1 amide bonds. The summed E-state index contributed by atoms with van der Waals surface area (Å²) in [6, 6.07) is 1.42. The number of carbonyl (C=O) groups excluding carboxylic acids is 1.